The molecule has 4 heterocycles. The van der Waals surface area contributed by atoms with Crippen molar-refractivity contribution in [2.24, 2.45) is 0 Å². The Morgan fingerprint density at radius 1 is 1.19 bits per heavy atom. The van der Waals surface area contributed by atoms with E-state index in [2.05, 4.69) is 25.3 Å². The second kappa shape index (κ2) is 7.99. The minimum absolute atomic E-state index is 0.203. The summed E-state index contributed by atoms with van der Waals surface area (Å²) in [7, 11) is 1.58. The van der Waals surface area contributed by atoms with Crippen LogP contribution in [0.5, 0.6) is 5.75 Å². The lowest BCUT2D eigenvalue weighted by atomic mass is 10.1. The molecule has 31 heavy (non-hydrogen) atoms. The molecule has 1 fully saturated rings. The van der Waals surface area contributed by atoms with Gasteiger partial charge in [-0.1, -0.05) is 11.3 Å². The molecule has 0 bridgehead atoms. The van der Waals surface area contributed by atoms with Crippen molar-refractivity contribution in [3.63, 3.8) is 0 Å². The molecule has 0 radical (unpaired) electrons. The summed E-state index contributed by atoms with van der Waals surface area (Å²) in [6, 6.07) is 6.96. The predicted octanol–water partition coefficient (Wildman–Crippen LogP) is 2.14. The zero-order chi connectivity index (χ0) is 21.4. The van der Waals surface area contributed by atoms with Crippen LogP contribution in [0.2, 0.25) is 0 Å². The number of carbonyl (C=O) groups excluding carboxylic acids is 1. The average molecular weight is 440 g/mol. The maximum absolute atomic E-state index is 12.8. The van der Waals surface area contributed by atoms with E-state index in [1.807, 2.05) is 0 Å². The number of piperidine rings is 1. The van der Waals surface area contributed by atoms with Gasteiger partial charge in [-0.2, -0.15) is 4.98 Å². The molecular weight excluding hydrogens is 418 g/mol. The minimum atomic E-state index is -0.415. The quantitative estimate of drug-likeness (QED) is 0.508. The highest BCUT2D eigenvalue weighted by Crippen LogP contribution is 2.31. The molecule has 0 saturated carbocycles. The van der Waals surface area contributed by atoms with E-state index in [0.717, 1.165) is 40.4 Å². The van der Waals surface area contributed by atoms with E-state index in [0.29, 0.717) is 22.7 Å². The third-order valence-electron chi connectivity index (χ3n) is 5.26. The molecule has 11 heteroatoms. The molecule has 4 aromatic rings. The number of aromatic nitrogens is 5. The number of nitrogens with one attached hydrogen (secondary N) is 1. The fourth-order valence-corrected chi connectivity index (χ4v) is 4.71. The van der Waals surface area contributed by atoms with Crippen LogP contribution in [0.4, 0.5) is 10.8 Å². The number of hydrogen-bond donors (Lipinski definition) is 1. The zero-order valence-electron chi connectivity index (χ0n) is 16.9. The number of methoxy groups -OCH3 is 1. The molecule has 1 amide bonds. The molecule has 3 aromatic heterocycles. The fraction of sp³-hybridized carbons (Fsp3) is 0.350. The van der Waals surface area contributed by atoms with E-state index < -0.39 is 5.69 Å². The number of thiazole rings is 1. The first-order valence-electron chi connectivity index (χ1n) is 10.1. The summed E-state index contributed by atoms with van der Waals surface area (Å²) in [4.78, 5) is 36.4. The van der Waals surface area contributed by atoms with Crippen molar-refractivity contribution in [2.75, 3.05) is 30.4 Å². The number of anilines is 2. The van der Waals surface area contributed by atoms with Crippen LogP contribution < -0.4 is 20.6 Å². The van der Waals surface area contributed by atoms with Gasteiger partial charge in [0.2, 0.25) is 5.91 Å². The lowest BCUT2D eigenvalue weighted by Crippen LogP contribution is -2.29. The summed E-state index contributed by atoms with van der Waals surface area (Å²) in [6.45, 7) is 1.75. The van der Waals surface area contributed by atoms with E-state index in [4.69, 9.17) is 4.74 Å². The molecule has 1 saturated heterocycles. The maximum Gasteiger partial charge on any atom is 0.352 e. The summed E-state index contributed by atoms with van der Waals surface area (Å²) in [5.74, 6) is 0.345. The van der Waals surface area contributed by atoms with Gasteiger partial charge in [0.05, 0.1) is 7.11 Å². The molecule has 10 nitrogen and oxygen atoms in total. The van der Waals surface area contributed by atoms with Gasteiger partial charge in [-0.05, 0) is 43.5 Å². The highest BCUT2D eigenvalue weighted by molar-refractivity contribution is 7.22. The van der Waals surface area contributed by atoms with Gasteiger partial charge in [0.1, 0.15) is 23.3 Å². The molecule has 1 aromatic carbocycles. The van der Waals surface area contributed by atoms with Crippen molar-refractivity contribution in [1.82, 2.24) is 24.1 Å². The number of fused-ring (bicyclic) bond motifs is 3. The number of nitrogens with zero attached hydrogens (tertiary/aromatic N) is 6. The molecule has 1 N–H and O–H groups in total. The van der Waals surface area contributed by atoms with Crippen molar-refractivity contribution in [1.29, 1.82) is 0 Å². The Balaban J connectivity index is 1.41. The van der Waals surface area contributed by atoms with Crippen molar-refractivity contribution >= 4 is 44.1 Å². The van der Waals surface area contributed by atoms with E-state index in [1.54, 1.807) is 31.4 Å². The Labute approximate surface area is 181 Å². The second-order valence-corrected chi connectivity index (χ2v) is 8.33. The van der Waals surface area contributed by atoms with Gasteiger partial charge in [-0.25, -0.2) is 18.9 Å². The van der Waals surface area contributed by atoms with Gasteiger partial charge in [0.15, 0.2) is 16.4 Å². The summed E-state index contributed by atoms with van der Waals surface area (Å²) in [5, 5.41) is 8.07. The standard InChI is InChI=1S/C20H21N7O3S/c1-30-14-7-5-13(6-8-14)22-15(28)11-27-20(29)26-12-21-17-16(18(26)24-27)31-19(23-17)25-9-3-2-4-10-25/h5-8,12H,2-4,9-11H2,1H3,(H,22,28). The van der Waals surface area contributed by atoms with E-state index in [1.165, 1.54) is 28.5 Å². The van der Waals surface area contributed by atoms with E-state index >= 15 is 0 Å². The van der Waals surface area contributed by atoms with Crippen LogP contribution in [-0.2, 0) is 11.3 Å². The molecule has 0 atom stereocenters. The smallest absolute Gasteiger partial charge is 0.352 e. The molecule has 1 aliphatic rings. The number of hydrogen-bond acceptors (Lipinski definition) is 8. The number of benzene rings is 1. The van der Waals surface area contributed by atoms with Crippen molar-refractivity contribution in [3.05, 3.63) is 41.1 Å². The normalized spacial score (nSPS) is 14.3. The maximum atomic E-state index is 12.8. The summed E-state index contributed by atoms with van der Waals surface area (Å²) >= 11 is 1.48. The van der Waals surface area contributed by atoms with Crippen molar-refractivity contribution in [2.45, 2.75) is 25.8 Å². The highest BCUT2D eigenvalue weighted by atomic mass is 32.1. The lowest BCUT2D eigenvalue weighted by molar-refractivity contribution is -0.117. The minimum Gasteiger partial charge on any atom is -0.497 e. The highest BCUT2D eigenvalue weighted by Gasteiger charge is 2.20. The van der Waals surface area contributed by atoms with Gasteiger partial charge in [-0.15, -0.1) is 5.10 Å². The Morgan fingerprint density at radius 2 is 1.97 bits per heavy atom. The zero-order valence-corrected chi connectivity index (χ0v) is 17.8. The Bertz CT molecular complexity index is 1300. The number of rotatable bonds is 5. The summed E-state index contributed by atoms with van der Waals surface area (Å²) in [5.41, 5.74) is 1.23. The predicted molar refractivity (Wildman–Crippen MR) is 118 cm³/mol. The van der Waals surface area contributed by atoms with Crippen LogP contribution in [0.1, 0.15) is 19.3 Å². The first-order valence-corrected chi connectivity index (χ1v) is 10.9. The van der Waals surface area contributed by atoms with Gasteiger partial charge in [0.25, 0.3) is 0 Å². The van der Waals surface area contributed by atoms with E-state index in [9.17, 15) is 9.59 Å². The number of carbonyl (C=O) groups is 1. The molecule has 0 spiro atoms. The second-order valence-electron chi connectivity index (χ2n) is 7.35. The molecule has 5 rings (SSSR count). The van der Waals surface area contributed by atoms with Crippen LogP contribution in [0, 0.1) is 0 Å². The SMILES string of the molecule is COc1ccc(NC(=O)Cn2nc3c4sc(N5CCCCC5)nc4ncn3c2=O)cc1. The Kier molecular flexibility index (Phi) is 5.02. The Hall–Kier alpha value is -3.47. The van der Waals surface area contributed by atoms with E-state index in [-0.39, 0.29) is 12.5 Å². The molecule has 160 valence electrons. The van der Waals surface area contributed by atoms with Crippen LogP contribution in [0.3, 0.4) is 0 Å². The van der Waals surface area contributed by atoms with Crippen LogP contribution in [0.25, 0.3) is 16.0 Å². The van der Waals surface area contributed by atoms with Gasteiger partial charge in [0, 0.05) is 18.8 Å². The number of amides is 1. The van der Waals surface area contributed by atoms with Crippen molar-refractivity contribution in [3.8, 4) is 5.75 Å². The molecule has 1 aliphatic heterocycles. The first-order chi connectivity index (χ1) is 15.1. The van der Waals surface area contributed by atoms with Crippen LogP contribution in [-0.4, -0.2) is 50.3 Å². The monoisotopic (exact) mass is 439 g/mol. The molecular formula is C20H21N7O3S. The van der Waals surface area contributed by atoms with Crippen molar-refractivity contribution < 1.29 is 9.53 Å². The van der Waals surface area contributed by atoms with Gasteiger partial charge in [-0.3, -0.25) is 4.79 Å². The van der Waals surface area contributed by atoms with Crippen LogP contribution in [0.15, 0.2) is 35.4 Å². The van der Waals surface area contributed by atoms with Gasteiger partial charge < -0.3 is 15.0 Å². The van der Waals surface area contributed by atoms with Crippen LogP contribution >= 0.6 is 11.3 Å². The third kappa shape index (κ3) is 3.72. The topological polar surface area (TPSA) is 107 Å². The number of ether oxygens (including phenoxy) is 1. The third-order valence-corrected chi connectivity index (χ3v) is 6.36. The summed E-state index contributed by atoms with van der Waals surface area (Å²) < 4.78 is 8.37. The Morgan fingerprint density at radius 3 is 2.71 bits per heavy atom. The first kappa shape index (κ1) is 19.5. The largest absolute Gasteiger partial charge is 0.497 e. The summed E-state index contributed by atoms with van der Waals surface area (Å²) in [6.07, 6.45) is 4.96. The molecule has 0 unspecified atom stereocenters. The average Bonchev–Trinajstić information content (AvgIpc) is 3.36. The lowest BCUT2D eigenvalue weighted by Gasteiger charge is -2.25. The van der Waals surface area contributed by atoms with Gasteiger partial charge >= 0.3 is 5.69 Å². The molecule has 0 aliphatic carbocycles. The fourth-order valence-electron chi connectivity index (χ4n) is 3.66.